The van der Waals surface area contributed by atoms with Gasteiger partial charge in [0, 0.05) is 18.2 Å². The van der Waals surface area contributed by atoms with Crippen LogP contribution in [0, 0.1) is 6.92 Å². The zero-order valence-electron chi connectivity index (χ0n) is 9.63. The molecular weight excluding hydrogens is 186 g/mol. The number of allylic oxidation sites excluding steroid dienone is 2. The molecule has 1 aromatic heterocycles. The molecule has 2 heterocycles. The van der Waals surface area contributed by atoms with Crippen LogP contribution in [0.5, 0.6) is 5.75 Å². The molecule has 0 bridgehead atoms. The van der Waals surface area contributed by atoms with Crippen LogP contribution in [0.25, 0.3) is 5.57 Å². The molecule has 0 amide bonds. The molecular formula is C13H17NO. The fourth-order valence-electron chi connectivity index (χ4n) is 2.10. The van der Waals surface area contributed by atoms with Gasteiger partial charge >= 0.3 is 0 Å². The first kappa shape index (κ1) is 10.2. The number of nitrogens with zero attached hydrogens (tertiary/aromatic N) is 1. The Morgan fingerprint density at radius 2 is 2.40 bits per heavy atom. The van der Waals surface area contributed by atoms with Crippen LogP contribution >= 0.6 is 0 Å². The van der Waals surface area contributed by atoms with E-state index in [0.29, 0.717) is 0 Å². The summed E-state index contributed by atoms with van der Waals surface area (Å²) in [5.41, 5.74) is 4.87. The van der Waals surface area contributed by atoms with E-state index in [2.05, 4.69) is 31.8 Å². The lowest BCUT2D eigenvalue weighted by Gasteiger charge is -2.11. The van der Waals surface area contributed by atoms with E-state index in [0.717, 1.165) is 30.9 Å². The maximum atomic E-state index is 5.67. The highest BCUT2D eigenvalue weighted by atomic mass is 16.5. The third-order valence-corrected chi connectivity index (χ3v) is 2.79. The van der Waals surface area contributed by atoms with Crippen LogP contribution in [0.2, 0.25) is 0 Å². The predicted octanol–water partition coefficient (Wildman–Crippen LogP) is 3.14. The lowest BCUT2D eigenvalue weighted by molar-refractivity contribution is 0.355. The van der Waals surface area contributed by atoms with Crippen LogP contribution in [0.4, 0.5) is 0 Å². The Kier molecular flexibility index (Phi) is 2.76. The quantitative estimate of drug-likeness (QED) is 0.736. The average Bonchev–Trinajstić information content (AvgIpc) is 2.65. The van der Waals surface area contributed by atoms with Crippen LogP contribution in [-0.2, 0) is 6.42 Å². The Morgan fingerprint density at radius 1 is 1.60 bits per heavy atom. The summed E-state index contributed by atoms with van der Waals surface area (Å²) in [7, 11) is 0. The molecule has 2 rings (SSSR count). The van der Waals surface area contributed by atoms with E-state index in [1.54, 1.807) is 0 Å². The average molecular weight is 203 g/mol. The molecule has 15 heavy (non-hydrogen) atoms. The summed E-state index contributed by atoms with van der Waals surface area (Å²) < 4.78 is 5.67. The van der Waals surface area contributed by atoms with Gasteiger partial charge in [0.1, 0.15) is 5.75 Å². The van der Waals surface area contributed by atoms with Crippen molar-refractivity contribution in [1.82, 2.24) is 4.98 Å². The lowest BCUT2D eigenvalue weighted by Crippen LogP contribution is -1.94. The van der Waals surface area contributed by atoms with E-state index in [9.17, 15) is 0 Å². The highest BCUT2D eigenvalue weighted by molar-refractivity contribution is 5.72. The van der Waals surface area contributed by atoms with Gasteiger partial charge in [-0.2, -0.15) is 0 Å². The van der Waals surface area contributed by atoms with Gasteiger partial charge in [-0.15, -0.1) is 0 Å². The minimum atomic E-state index is 0.776. The topological polar surface area (TPSA) is 22.1 Å². The standard InChI is InChI=1S/C13H17NO/c1-4-5-9(2)12-10(3)8-14-11-6-7-15-13(11)12/h5,8H,4,6-7H2,1-3H3/b9-5+. The zero-order chi connectivity index (χ0) is 10.8. The van der Waals surface area contributed by atoms with Gasteiger partial charge in [-0.25, -0.2) is 0 Å². The molecule has 0 fully saturated rings. The summed E-state index contributed by atoms with van der Waals surface area (Å²) in [6.45, 7) is 7.17. The van der Waals surface area contributed by atoms with E-state index in [4.69, 9.17) is 4.74 Å². The molecule has 0 saturated heterocycles. The van der Waals surface area contributed by atoms with Gasteiger partial charge in [0.25, 0.3) is 0 Å². The molecule has 0 unspecified atom stereocenters. The number of fused-ring (bicyclic) bond motifs is 1. The summed E-state index contributed by atoms with van der Waals surface area (Å²) >= 11 is 0. The first-order valence-electron chi connectivity index (χ1n) is 5.52. The molecule has 0 saturated carbocycles. The summed E-state index contributed by atoms with van der Waals surface area (Å²) in [5, 5.41) is 0. The highest BCUT2D eigenvalue weighted by Gasteiger charge is 2.19. The molecule has 1 aromatic rings. The second-order valence-corrected chi connectivity index (χ2v) is 3.99. The van der Waals surface area contributed by atoms with Crippen molar-refractivity contribution in [3.05, 3.63) is 29.1 Å². The number of hydrogen-bond acceptors (Lipinski definition) is 2. The highest BCUT2D eigenvalue weighted by Crippen LogP contribution is 2.34. The zero-order valence-corrected chi connectivity index (χ0v) is 9.63. The van der Waals surface area contributed by atoms with Crippen molar-refractivity contribution in [3.63, 3.8) is 0 Å². The number of aryl methyl sites for hydroxylation is 1. The van der Waals surface area contributed by atoms with E-state index < -0.39 is 0 Å². The Morgan fingerprint density at radius 3 is 3.13 bits per heavy atom. The van der Waals surface area contributed by atoms with E-state index in [-0.39, 0.29) is 0 Å². The van der Waals surface area contributed by atoms with Crippen molar-refractivity contribution in [2.45, 2.75) is 33.6 Å². The van der Waals surface area contributed by atoms with Gasteiger partial charge in [-0.05, 0) is 31.4 Å². The predicted molar refractivity (Wildman–Crippen MR) is 62.1 cm³/mol. The smallest absolute Gasteiger partial charge is 0.148 e. The molecule has 0 atom stereocenters. The van der Waals surface area contributed by atoms with Crippen LogP contribution in [0.15, 0.2) is 12.3 Å². The van der Waals surface area contributed by atoms with E-state index in [1.807, 2.05) is 6.20 Å². The molecule has 2 nitrogen and oxygen atoms in total. The molecule has 0 spiro atoms. The monoisotopic (exact) mass is 203 g/mol. The summed E-state index contributed by atoms with van der Waals surface area (Å²) in [6.07, 6.45) is 6.20. The largest absolute Gasteiger partial charge is 0.491 e. The normalized spacial score (nSPS) is 15.0. The van der Waals surface area contributed by atoms with Gasteiger partial charge < -0.3 is 4.74 Å². The summed E-state index contributed by atoms with van der Waals surface area (Å²) in [5.74, 6) is 1.01. The van der Waals surface area contributed by atoms with Crippen LogP contribution in [0.3, 0.4) is 0 Å². The van der Waals surface area contributed by atoms with Gasteiger partial charge in [0.05, 0.1) is 12.3 Å². The maximum absolute atomic E-state index is 5.67. The number of aromatic nitrogens is 1. The van der Waals surface area contributed by atoms with Crippen molar-refractivity contribution in [1.29, 1.82) is 0 Å². The fraction of sp³-hybridized carbons (Fsp3) is 0.462. The third-order valence-electron chi connectivity index (χ3n) is 2.79. The van der Waals surface area contributed by atoms with Gasteiger partial charge in [-0.3, -0.25) is 4.98 Å². The number of pyridine rings is 1. The van der Waals surface area contributed by atoms with Crippen molar-refractivity contribution < 1.29 is 4.74 Å². The second kappa shape index (κ2) is 4.05. The second-order valence-electron chi connectivity index (χ2n) is 3.99. The van der Waals surface area contributed by atoms with Crippen LogP contribution in [0.1, 0.15) is 37.1 Å². The Bertz CT molecular complexity index is 407. The van der Waals surface area contributed by atoms with Gasteiger partial charge in [-0.1, -0.05) is 13.0 Å². The van der Waals surface area contributed by atoms with Gasteiger partial charge in [0.15, 0.2) is 0 Å². The first-order valence-corrected chi connectivity index (χ1v) is 5.52. The fourth-order valence-corrected chi connectivity index (χ4v) is 2.10. The molecule has 2 heteroatoms. The summed E-state index contributed by atoms with van der Waals surface area (Å²) in [4.78, 5) is 4.41. The molecule has 1 aliphatic rings. The molecule has 0 aliphatic carbocycles. The number of rotatable bonds is 2. The van der Waals surface area contributed by atoms with Crippen molar-refractivity contribution >= 4 is 5.57 Å². The van der Waals surface area contributed by atoms with Gasteiger partial charge in [0.2, 0.25) is 0 Å². The Balaban J connectivity index is 2.55. The third kappa shape index (κ3) is 1.76. The number of hydrogen-bond donors (Lipinski definition) is 0. The lowest BCUT2D eigenvalue weighted by atomic mass is 10.0. The number of ether oxygens (including phenoxy) is 1. The Labute approximate surface area is 91.0 Å². The minimum absolute atomic E-state index is 0.776. The Hall–Kier alpha value is -1.31. The molecule has 0 N–H and O–H groups in total. The minimum Gasteiger partial charge on any atom is -0.491 e. The van der Waals surface area contributed by atoms with Crippen LogP contribution in [-0.4, -0.2) is 11.6 Å². The summed E-state index contributed by atoms with van der Waals surface area (Å²) in [6, 6.07) is 0. The van der Waals surface area contributed by atoms with Crippen molar-refractivity contribution in [3.8, 4) is 5.75 Å². The van der Waals surface area contributed by atoms with Crippen molar-refractivity contribution in [2.75, 3.05) is 6.61 Å². The van der Waals surface area contributed by atoms with E-state index in [1.165, 1.54) is 16.7 Å². The molecule has 1 aliphatic heterocycles. The first-order chi connectivity index (χ1) is 7.24. The molecule has 0 aromatic carbocycles. The maximum Gasteiger partial charge on any atom is 0.148 e. The molecule has 80 valence electrons. The SMILES string of the molecule is CC/C=C(\C)c1c(C)cnc2c1OCC2. The molecule has 0 radical (unpaired) electrons. The van der Waals surface area contributed by atoms with Crippen LogP contribution < -0.4 is 4.74 Å². The van der Waals surface area contributed by atoms with E-state index >= 15 is 0 Å². The van der Waals surface area contributed by atoms with Crippen molar-refractivity contribution in [2.24, 2.45) is 0 Å².